The van der Waals surface area contributed by atoms with Gasteiger partial charge in [0.15, 0.2) is 5.96 Å². The Morgan fingerprint density at radius 3 is 2.67 bits per heavy atom. The van der Waals surface area contributed by atoms with Gasteiger partial charge in [0.05, 0.1) is 5.69 Å². The van der Waals surface area contributed by atoms with Gasteiger partial charge in [-0.3, -0.25) is 4.99 Å². The first-order valence-electron chi connectivity index (χ1n) is 12.1. The zero-order chi connectivity index (χ0) is 28.2. The predicted octanol–water partition coefficient (Wildman–Crippen LogP) is 3.56. The summed E-state index contributed by atoms with van der Waals surface area (Å²) in [6.07, 6.45) is -0.954. The van der Waals surface area contributed by atoms with Crippen LogP contribution in [0.4, 0.5) is 27.9 Å². The average Bonchev–Trinajstić information content (AvgIpc) is 2.91. The van der Waals surface area contributed by atoms with E-state index in [2.05, 4.69) is 30.2 Å². The SMILES string of the molecule is CN=C(NC1=C(F)CCC=C1F)N1CCC(c2nc(N)ncc2C(O)COc2ccnc(C(F)(F)F)n2)CC1. The Balaban J connectivity index is 1.42. The molecule has 1 aliphatic carbocycles. The van der Waals surface area contributed by atoms with E-state index in [-0.39, 0.29) is 29.9 Å². The Bertz CT molecular complexity index is 1280. The highest BCUT2D eigenvalue weighted by Crippen LogP contribution is 2.33. The van der Waals surface area contributed by atoms with Gasteiger partial charge in [-0.15, -0.1) is 0 Å². The number of ether oxygens (including phenoxy) is 1. The highest BCUT2D eigenvalue weighted by Gasteiger charge is 2.35. The lowest BCUT2D eigenvalue weighted by Gasteiger charge is -2.35. The maximum Gasteiger partial charge on any atom is 0.451 e. The summed E-state index contributed by atoms with van der Waals surface area (Å²) in [6.45, 7) is 0.507. The van der Waals surface area contributed by atoms with Gasteiger partial charge in [-0.25, -0.2) is 23.7 Å². The minimum Gasteiger partial charge on any atom is -0.474 e. The minimum absolute atomic E-state index is 0.00522. The number of nitrogens with one attached hydrogen (secondary N) is 1. The van der Waals surface area contributed by atoms with Crippen molar-refractivity contribution in [2.75, 3.05) is 32.5 Å². The third kappa shape index (κ3) is 6.77. The van der Waals surface area contributed by atoms with E-state index in [0.717, 1.165) is 12.3 Å². The van der Waals surface area contributed by atoms with Crippen molar-refractivity contribution in [1.29, 1.82) is 0 Å². The summed E-state index contributed by atoms with van der Waals surface area (Å²) >= 11 is 0. The molecule has 0 spiro atoms. The number of aliphatic imine (C=N–C) groups is 1. The van der Waals surface area contributed by atoms with Crippen LogP contribution in [0.2, 0.25) is 0 Å². The normalized spacial score (nSPS) is 18.2. The van der Waals surface area contributed by atoms with Crippen LogP contribution in [-0.4, -0.2) is 62.6 Å². The van der Waals surface area contributed by atoms with E-state index in [1.165, 1.54) is 19.3 Å². The Kier molecular flexibility index (Phi) is 8.57. The third-order valence-electron chi connectivity index (χ3n) is 6.33. The smallest absolute Gasteiger partial charge is 0.451 e. The second-order valence-electron chi connectivity index (χ2n) is 8.92. The third-order valence-corrected chi connectivity index (χ3v) is 6.33. The highest BCUT2D eigenvalue weighted by atomic mass is 19.4. The monoisotopic (exact) mass is 554 g/mol. The molecule has 10 nitrogen and oxygen atoms in total. The van der Waals surface area contributed by atoms with Crippen LogP contribution in [0, 0.1) is 0 Å². The molecule has 0 amide bonds. The Hall–Kier alpha value is -3.88. The molecule has 0 bridgehead atoms. The van der Waals surface area contributed by atoms with Crippen LogP contribution in [0.15, 0.2) is 46.9 Å². The lowest BCUT2D eigenvalue weighted by Crippen LogP contribution is -2.45. The van der Waals surface area contributed by atoms with E-state index < -0.39 is 36.4 Å². The molecule has 4 rings (SSSR count). The van der Waals surface area contributed by atoms with Crippen molar-refractivity contribution in [2.45, 2.75) is 43.9 Å². The molecule has 3 heterocycles. The van der Waals surface area contributed by atoms with Crippen LogP contribution in [0.1, 0.15) is 54.8 Å². The number of nitrogens with zero attached hydrogens (tertiary/aromatic N) is 6. The van der Waals surface area contributed by atoms with Gasteiger partial charge >= 0.3 is 6.18 Å². The van der Waals surface area contributed by atoms with E-state index in [4.69, 9.17) is 10.5 Å². The van der Waals surface area contributed by atoms with Crippen LogP contribution in [0.3, 0.4) is 0 Å². The zero-order valence-electron chi connectivity index (χ0n) is 20.9. The molecule has 1 fully saturated rings. The van der Waals surface area contributed by atoms with Crippen LogP contribution in [-0.2, 0) is 6.18 Å². The van der Waals surface area contributed by atoms with Crippen molar-refractivity contribution in [2.24, 2.45) is 4.99 Å². The molecule has 0 aromatic carbocycles. The fourth-order valence-electron chi connectivity index (χ4n) is 4.38. The van der Waals surface area contributed by atoms with Gasteiger partial charge in [0, 0.05) is 56.5 Å². The minimum atomic E-state index is -4.74. The quantitative estimate of drug-likeness (QED) is 0.278. The van der Waals surface area contributed by atoms with Crippen molar-refractivity contribution >= 4 is 11.9 Å². The van der Waals surface area contributed by atoms with Gasteiger partial charge in [-0.05, 0) is 25.3 Å². The van der Waals surface area contributed by atoms with Crippen molar-refractivity contribution in [3.8, 4) is 5.88 Å². The number of aromatic nitrogens is 4. The molecule has 0 radical (unpaired) electrons. The molecule has 1 aliphatic heterocycles. The lowest BCUT2D eigenvalue weighted by atomic mass is 9.89. The number of aliphatic hydroxyl groups excluding tert-OH is 1. The van der Waals surface area contributed by atoms with Crippen molar-refractivity contribution in [3.05, 3.63) is 59.0 Å². The second kappa shape index (κ2) is 11.9. The van der Waals surface area contributed by atoms with Crippen LogP contribution >= 0.6 is 0 Å². The van der Waals surface area contributed by atoms with E-state index in [0.29, 0.717) is 49.6 Å². The van der Waals surface area contributed by atoms with Crippen LogP contribution in [0.5, 0.6) is 5.88 Å². The van der Waals surface area contributed by atoms with Crippen molar-refractivity contribution < 1.29 is 31.8 Å². The lowest BCUT2D eigenvalue weighted by molar-refractivity contribution is -0.145. The van der Waals surface area contributed by atoms with E-state index in [9.17, 15) is 27.1 Å². The zero-order valence-corrected chi connectivity index (χ0v) is 20.9. The first-order valence-corrected chi connectivity index (χ1v) is 12.1. The van der Waals surface area contributed by atoms with E-state index in [1.807, 2.05) is 4.90 Å². The number of hydrogen-bond donors (Lipinski definition) is 3. The molecule has 2 aromatic rings. The number of nitrogens with two attached hydrogens (primary N) is 1. The molecule has 210 valence electrons. The largest absolute Gasteiger partial charge is 0.474 e. The highest BCUT2D eigenvalue weighted by molar-refractivity contribution is 5.82. The molecule has 39 heavy (non-hydrogen) atoms. The molecule has 4 N–H and O–H groups in total. The van der Waals surface area contributed by atoms with Gasteiger partial charge in [-0.2, -0.15) is 18.2 Å². The maximum atomic E-state index is 14.2. The van der Waals surface area contributed by atoms with E-state index in [1.54, 1.807) is 0 Å². The first-order chi connectivity index (χ1) is 18.6. The number of alkyl halides is 3. The molecule has 2 aliphatic rings. The maximum absolute atomic E-state index is 14.2. The second-order valence-corrected chi connectivity index (χ2v) is 8.92. The summed E-state index contributed by atoms with van der Waals surface area (Å²) in [4.78, 5) is 20.8. The Morgan fingerprint density at radius 2 is 2.00 bits per heavy atom. The summed E-state index contributed by atoms with van der Waals surface area (Å²) in [5.74, 6) is -2.78. The summed E-state index contributed by atoms with van der Waals surface area (Å²) in [7, 11) is 1.52. The molecule has 15 heteroatoms. The molecule has 1 atom stereocenters. The number of likely N-dealkylation sites (tertiary alicyclic amines) is 1. The summed E-state index contributed by atoms with van der Waals surface area (Å²) in [5.41, 5.74) is 6.38. The number of guanidine groups is 1. The number of halogens is 5. The number of rotatable bonds is 6. The predicted molar refractivity (Wildman–Crippen MR) is 131 cm³/mol. The summed E-state index contributed by atoms with van der Waals surface area (Å²) in [5, 5.41) is 13.6. The van der Waals surface area contributed by atoms with Gasteiger partial charge in [0.2, 0.25) is 17.7 Å². The molecule has 2 aromatic heterocycles. The molecular weight excluding hydrogens is 527 g/mol. The fraction of sp³-hybridized carbons (Fsp3) is 0.458. The van der Waals surface area contributed by atoms with Gasteiger partial charge in [-0.1, -0.05) is 0 Å². The van der Waals surface area contributed by atoms with Crippen LogP contribution < -0.4 is 15.8 Å². The number of allylic oxidation sites excluding steroid dienone is 3. The van der Waals surface area contributed by atoms with Crippen molar-refractivity contribution in [3.63, 3.8) is 0 Å². The summed E-state index contributed by atoms with van der Waals surface area (Å²) in [6, 6.07) is 1.15. The van der Waals surface area contributed by atoms with Gasteiger partial charge in [0.25, 0.3) is 0 Å². The first kappa shape index (κ1) is 28.1. The van der Waals surface area contributed by atoms with Crippen molar-refractivity contribution in [1.82, 2.24) is 30.2 Å². The Labute approximate surface area is 220 Å². The number of anilines is 1. The average molecular weight is 555 g/mol. The Morgan fingerprint density at radius 1 is 1.26 bits per heavy atom. The number of nitrogen functional groups attached to an aromatic ring is 1. The summed E-state index contributed by atoms with van der Waals surface area (Å²) < 4.78 is 72.3. The van der Waals surface area contributed by atoms with Gasteiger partial charge < -0.3 is 25.8 Å². The van der Waals surface area contributed by atoms with Crippen LogP contribution in [0.25, 0.3) is 0 Å². The molecule has 1 saturated heterocycles. The fourth-order valence-corrected chi connectivity index (χ4v) is 4.38. The number of aliphatic hydroxyl groups is 1. The molecule has 1 unspecified atom stereocenters. The standard InChI is InChI=1S/C24H27F5N8O2/c1-31-23(36-20-15(25)3-2-4-16(20)26)37-9-6-13(7-10-37)19-14(11-33-22(30)35-19)17(38)12-39-18-5-8-32-21(34-18)24(27,28)29/h3,5,8,11,13,17,38H,2,4,6-7,9-10,12H2,1H3,(H,31,36)(H2,30,33,35). The van der Waals surface area contributed by atoms with Gasteiger partial charge in [0.1, 0.15) is 30.1 Å². The number of piperidine rings is 1. The molecule has 0 saturated carbocycles. The molecular formula is C24H27F5N8O2. The van der Waals surface area contributed by atoms with E-state index >= 15 is 0 Å². The topological polar surface area (TPSA) is 135 Å². The number of hydrogen-bond acceptors (Lipinski definition) is 8.